The number of benzene rings is 2. The molecule has 2 heterocycles. The third-order valence-corrected chi connectivity index (χ3v) is 5.59. The van der Waals surface area contributed by atoms with Crippen LogP contribution in [0.2, 0.25) is 5.02 Å². The molecule has 2 aromatic carbocycles. The monoisotopic (exact) mass is 473 g/mol. The summed E-state index contributed by atoms with van der Waals surface area (Å²) in [4.78, 5) is 30.5. The van der Waals surface area contributed by atoms with Crippen LogP contribution >= 0.6 is 11.6 Å². The molecule has 9 heteroatoms. The Hall–Kier alpha value is -3.39. The maximum Gasteiger partial charge on any atom is 0.266 e. The summed E-state index contributed by atoms with van der Waals surface area (Å²) in [5.41, 5.74) is 1.38. The number of amides is 2. The first-order valence-corrected chi connectivity index (χ1v) is 10.5. The van der Waals surface area contributed by atoms with Crippen molar-refractivity contribution in [2.24, 2.45) is 5.92 Å². The van der Waals surface area contributed by atoms with E-state index in [4.69, 9.17) is 11.6 Å². The summed E-state index contributed by atoms with van der Waals surface area (Å²) in [6.45, 7) is -1.06. The van der Waals surface area contributed by atoms with E-state index in [0.29, 0.717) is 21.8 Å². The van der Waals surface area contributed by atoms with Crippen molar-refractivity contribution in [3.8, 4) is 11.1 Å². The lowest BCUT2D eigenvalue weighted by atomic mass is 9.93. The predicted molar refractivity (Wildman–Crippen MR) is 119 cm³/mol. The van der Waals surface area contributed by atoms with E-state index in [2.05, 4.69) is 10.3 Å². The van der Waals surface area contributed by atoms with E-state index in [-0.39, 0.29) is 12.1 Å². The first-order valence-electron chi connectivity index (χ1n) is 10.1. The lowest BCUT2D eigenvalue weighted by molar-refractivity contribution is -0.130. The van der Waals surface area contributed by atoms with Gasteiger partial charge >= 0.3 is 0 Å². The van der Waals surface area contributed by atoms with Crippen LogP contribution in [0.15, 0.2) is 67.0 Å². The molecule has 0 aliphatic carbocycles. The second kappa shape index (κ2) is 9.23. The van der Waals surface area contributed by atoms with E-state index >= 15 is 0 Å². The Morgan fingerprint density at radius 3 is 2.42 bits per heavy atom. The summed E-state index contributed by atoms with van der Waals surface area (Å²) in [5, 5.41) is 3.05. The summed E-state index contributed by atoms with van der Waals surface area (Å²) in [6, 6.07) is 13.2. The number of aromatic nitrogens is 1. The molecule has 0 bridgehead atoms. The van der Waals surface area contributed by atoms with Gasteiger partial charge in [0.2, 0.25) is 5.91 Å². The Kier molecular flexibility index (Phi) is 6.37. The van der Waals surface area contributed by atoms with Crippen LogP contribution in [-0.2, 0) is 4.79 Å². The van der Waals surface area contributed by atoms with Gasteiger partial charge in [-0.1, -0.05) is 11.6 Å². The highest BCUT2D eigenvalue weighted by molar-refractivity contribution is 6.30. The Bertz CT molecular complexity index is 1170. The van der Waals surface area contributed by atoms with Crippen LogP contribution in [0.3, 0.4) is 0 Å². The molecule has 1 aliphatic rings. The highest BCUT2D eigenvalue weighted by Crippen LogP contribution is 2.33. The molecule has 1 aromatic heterocycles. The van der Waals surface area contributed by atoms with Gasteiger partial charge in [-0.3, -0.25) is 14.6 Å². The van der Waals surface area contributed by atoms with Gasteiger partial charge < -0.3 is 10.2 Å². The van der Waals surface area contributed by atoms with Gasteiger partial charge in [-0.25, -0.2) is 13.2 Å². The van der Waals surface area contributed by atoms with E-state index in [0.717, 1.165) is 11.0 Å². The van der Waals surface area contributed by atoms with Crippen molar-refractivity contribution < 1.29 is 22.8 Å². The summed E-state index contributed by atoms with van der Waals surface area (Å²) in [5.74, 6) is -6.48. The zero-order valence-corrected chi connectivity index (χ0v) is 18.0. The van der Waals surface area contributed by atoms with E-state index < -0.39 is 42.4 Å². The van der Waals surface area contributed by atoms with Crippen molar-refractivity contribution in [2.45, 2.75) is 12.3 Å². The number of hydrogen-bond donors (Lipinski definition) is 1. The molecule has 0 spiro atoms. The quantitative estimate of drug-likeness (QED) is 0.561. The normalized spacial score (nSPS) is 17.5. The molecule has 1 saturated heterocycles. The second-order valence-corrected chi connectivity index (χ2v) is 8.34. The first-order chi connectivity index (χ1) is 15.7. The molecule has 0 saturated carbocycles. The summed E-state index contributed by atoms with van der Waals surface area (Å²) < 4.78 is 43.2. The van der Waals surface area contributed by atoms with Crippen LogP contribution < -0.4 is 5.32 Å². The van der Waals surface area contributed by atoms with Crippen LogP contribution in [-0.4, -0.2) is 40.7 Å². The third kappa shape index (κ3) is 5.51. The van der Waals surface area contributed by atoms with Crippen LogP contribution in [0.5, 0.6) is 0 Å². The number of nitrogens with one attached hydrogen (secondary N) is 1. The molecule has 1 aliphatic heterocycles. The van der Waals surface area contributed by atoms with Crippen molar-refractivity contribution in [3.63, 3.8) is 0 Å². The Morgan fingerprint density at radius 1 is 1.03 bits per heavy atom. The second-order valence-electron chi connectivity index (χ2n) is 7.90. The molecule has 170 valence electrons. The van der Waals surface area contributed by atoms with Gasteiger partial charge in [0.15, 0.2) is 0 Å². The lowest BCUT2D eigenvalue weighted by Gasteiger charge is -2.37. The molecule has 0 radical (unpaired) electrons. The van der Waals surface area contributed by atoms with Crippen LogP contribution in [0.25, 0.3) is 11.1 Å². The molecule has 1 fully saturated rings. The van der Waals surface area contributed by atoms with Crippen molar-refractivity contribution in [1.29, 1.82) is 0 Å². The van der Waals surface area contributed by atoms with Crippen molar-refractivity contribution in [2.75, 3.05) is 18.4 Å². The summed E-state index contributed by atoms with van der Waals surface area (Å²) in [7, 11) is 0. The van der Waals surface area contributed by atoms with Gasteiger partial charge in [-0.15, -0.1) is 0 Å². The number of pyridine rings is 1. The fourth-order valence-corrected chi connectivity index (χ4v) is 3.94. The zero-order valence-electron chi connectivity index (χ0n) is 17.3. The van der Waals surface area contributed by atoms with Crippen molar-refractivity contribution in [1.82, 2.24) is 9.88 Å². The molecule has 1 N–H and O–H groups in total. The molecule has 2 amide bonds. The topological polar surface area (TPSA) is 62.3 Å². The van der Waals surface area contributed by atoms with Gasteiger partial charge in [0.1, 0.15) is 5.82 Å². The van der Waals surface area contributed by atoms with Crippen LogP contribution in [0, 0.1) is 11.7 Å². The van der Waals surface area contributed by atoms with E-state index in [1.54, 1.807) is 36.4 Å². The van der Waals surface area contributed by atoms with Crippen molar-refractivity contribution >= 4 is 29.1 Å². The van der Waals surface area contributed by atoms with Crippen LogP contribution in [0.4, 0.5) is 18.9 Å². The number of piperidine rings is 1. The van der Waals surface area contributed by atoms with Crippen molar-refractivity contribution in [3.05, 3.63) is 83.4 Å². The standard InChI is InChI=1S/C24H19ClF3N3O2/c25-19-1-3-21(4-2-19)30-22(32)18-12-24(27,28)14-31(13-18)23(33)17-9-16(10-20(26)11-17)15-5-7-29-8-6-15/h1-11,18H,12-14H2,(H,30,32). The average Bonchev–Trinajstić information content (AvgIpc) is 2.79. The number of carbonyl (C=O) groups excluding carboxylic acids is 2. The fourth-order valence-electron chi connectivity index (χ4n) is 3.81. The fraction of sp³-hybridized carbons (Fsp3) is 0.208. The minimum Gasteiger partial charge on any atom is -0.332 e. The van der Waals surface area contributed by atoms with Gasteiger partial charge in [-0.2, -0.15) is 0 Å². The van der Waals surface area contributed by atoms with Gasteiger partial charge in [0.25, 0.3) is 11.8 Å². The van der Waals surface area contributed by atoms with E-state index in [1.165, 1.54) is 24.5 Å². The number of carbonyl (C=O) groups is 2. The number of rotatable bonds is 4. The summed E-state index contributed by atoms with van der Waals surface area (Å²) >= 11 is 5.82. The Labute approximate surface area is 193 Å². The minimum absolute atomic E-state index is 0.0728. The van der Waals surface area contributed by atoms with Crippen LogP contribution in [0.1, 0.15) is 16.8 Å². The maximum absolute atomic E-state index is 14.5. The Morgan fingerprint density at radius 2 is 1.73 bits per heavy atom. The van der Waals surface area contributed by atoms with Gasteiger partial charge in [0, 0.05) is 41.6 Å². The maximum atomic E-state index is 14.5. The number of alkyl halides is 2. The SMILES string of the molecule is O=C(Nc1ccc(Cl)cc1)C1CN(C(=O)c2cc(F)cc(-c3ccncc3)c2)CC(F)(F)C1. The highest BCUT2D eigenvalue weighted by Gasteiger charge is 2.44. The number of nitrogens with zero attached hydrogens (tertiary/aromatic N) is 2. The van der Waals surface area contributed by atoms with E-state index in [9.17, 15) is 22.8 Å². The zero-order chi connectivity index (χ0) is 23.6. The molecule has 4 rings (SSSR count). The highest BCUT2D eigenvalue weighted by atomic mass is 35.5. The Balaban J connectivity index is 1.55. The van der Waals surface area contributed by atoms with E-state index in [1.807, 2.05) is 0 Å². The first kappa shape index (κ1) is 22.8. The number of halogens is 4. The molecule has 1 unspecified atom stereocenters. The molecule has 3 aromatic rings. The smallest absolute Gasteiger partial charge is 0.266 e. The average molecular weight is 474 g/mol. The largest absolute Gasteiger partial charge is 0.332 e. The minimum atomic E-state index is -3.27. The molecule has 5 nitrogen and oxygen atoms in total. The number of likely N-dealkylation sites (tertiary alicyclic amines) is 1. The summed E-state index contributed by atoms with van der Waals surface area (Å²) in [6.07, 6.45) is 2.36. The van der Waals surface area contributed by atoms with Gasteiger partial charge in [-0.05, 0) is 65.7 Å². The number of hydrogen-bond acceptors (Lipinski definition) is 3. The molecule has 1 atom stereocenters. The molecule has 33 heavy (non-hydrogen) atoms. The number of anilines is 1. The lowest BCUT2D eigenvalue weighted by Crippen LogP contribution is -2.52. The predicted octanol–water partition coefficient (Wildman–Crippen LogP) is 5.28. The van der Waals surface area contributed by atoms with Gasteiger partial charge in [0.05, 0.1) is 12.5 Å². The molecular formula is C24H19ClF3N3O2. The third-order valence-electron chi connectivity index (χ3n) is 5.34. The molecular weight excluding hydrogens is 455 g/mol.